The van der Waals surface area contributed by atoms with Gasteiger partial charge in [-0.1, -0.05) is 12.1 Å². The molecule has 3 aromatic rings. The summed E-state index contributed by atoms with van der Waals surface area (Å²) in [5.41, 5.74) is 4.09. The molecule has 0 atom stereocenters. The van der Waals surface area contributed by atoms with Gasteiger partial charge in [-0.15, -0.1) is 11.3 Å². The van der Waals surface area contributed by atoms with Crippen molar-refractivity contribution in [1.29, 1.82) is 0 Å². The number of amides is 2. The zero-order valence-corrected chi connectivity index (χ0v) is 18.4. The number of thiazole rings is 1. The number of anilines is 2. The van der Waals surface area contributed by atoms with Gasteiger partial charge < -0.3 is 10.6 Å². The molecular formula is C21H20FN3O4S2. The second kappa shape index (κ2) is 9.36. The Morgan fingerprint density at radius 3 is 2.26 bits per heavy atom. The average Bonchev–Trinajstić information content (AvgIpc) is 3.13. The van der Waals surface area contributed by atoms with E-state index >= 15 is 0 Å². The maximum absolute atomic E-state index is 12.9. The number of sulfone groups is 1. The van der Waals surface area contributed by atoms with Crippen molar-refractivity contribution in [2.75, 3.05) is 22.1 Å². The Bertz CT molecular complexity index is 1220. The molecule has 0 saturated carbocycles. The molecule has 1 heterocycles. The zero-order valence-electron chi connectivity index (χ0n) is 16.8. The van der Waals surface area contributed by atoms with Crippen molar-refractivity contribution in [2.24, 2.45) is 0 Å². The molecule has 2 amide bonds. The summed E-state index contributed by atoms with van der Waals surface area (Å²) in [6.45, 7) is 4.00. The minimum absolute atomic E-state index is 0.257. The minimum atomic E-state index is -4.01. The van der Waals surface area contributed by atoms with Crippen molar-refractivity contribution in [1.82, 2.24) is 4.98 Å². The normalized spacial score (nSPS) is 11.2. The molecule has 0 bridgehead atoms. The third-order valence-corrected chi connectivity index (χ3v) is 6.54. The lowest BCUT2D eigenvalue weighted by Gasteiger charge is -2.06. The number of aromatic nitrogens is 1. The first-order valence-corrected chi connectivity index (χ1v) is 11.9. The maximum Gasteiger partial charge on any atom is 0.241 e. The molecule has 0 radical (unpaired) electrons. The average molecular weight is 462 g/mol. The van der Waals surface area contributed by atoms with Crippen LogP contribution in [-0.4, -0.2) is 36.7 Å². The zero-order chi connectivity index (χ0) is 22.6. The van der Waals surface area contributed by atoms with Crippen LogP contribution in [-0.2, 0) is 19.4 Å². The summed E-state index contributed by atoms with van der Waals surface area (Å²) in [7, 11) is -4.01. The fraction of sp³-hybridized carbons (Fsp3) is 0.190. The highest BCUT2D eigenvalue weighted by molar-refractivity contribution is 7.92. The van der Waals surface area contributed by atoms with Gasteiger partial charge in [0.25, 0.3) is 0 Å². The number of hydrogen-bond acceptors (Lipinski definition) is 6. The molecule has 3 rings (SSSR count). The molecule has 0 aliphatic carbocycles. The number of benzene rings is 2. The number of carbonyl (C=O) groups excluding carboxylic acids is 2. The SMILES string of the molecule is Cc1ccc(-c2csc(NC(=O)CS(=O)(=O)CC(=O)Nc3ccc(F)cc3)n2)cc1C. The van der Waals surface area contributed by atoms with Gasteiger partial charge in [0.2, 0.25) is 11.8 Å². The molecule has 0 aliphatic heterocycles. The molecule has 2 aromatic carbocycles. The highest BCUT2D eigenvalue weighted by Crippen LogP contribution is 2.26. The Hall–Kier alpha value is -3.11. The molecule has 10 heteroatoms. The summed E-state index contributed by atoms with van der Waals surface area (Å²) in [6.07, 6.45) is 0. The van der Waals surface area contributed by atoms with Crippen molar-refractivity contribution in [2.45, 2.75) is 13.8 Å². The van der Waals surface area contributed by atoms with Crippen LogP contribution in [0.25, 0.3) is 11.3 Å². The smallest absolute Gasteiger partial charge is 0.241 e. The van der Waals surface area contributed by atoms with Crippen LogP contribution in [0.15, 0.2) is 47.8 Å². The Morgan fingerprint density at radius 1 is 0.968 bits per heavy atom. The van der Waals surface area contributed by atoms with E-state index in [1.54, 1.807) is 5.38 Å². The van der Waals surface area contributed by atoms with Crippen LogP contribution in [0.1, 0.15) is 11.1 Å². The Labute approximate surface area is 183 Å². The van der Waals surface area contributed by atoms with Crippen molar-refractivity contribution in [3.63, 3.8) is 0 Å². The van der Waals surface area contributed by atoms with E-state index in [2.05, 4.69) is 15.6 Å². The highest BCUT2D eigenvalue weighted by atomic mass is 32.2. The third kappa shape index (κ3) is 6.43. The lowest BCUT2D eigenvalue weighted by atomic mass is 10.1. The number of carbonyl (C=O) groups is 2. The first-order chi connectivity index (χ1) is 14.6. The predicted octanol–water partition coefficient (Wildman–Crippen LogP) is 3.56. The second-order valence-corrected chi connectivity index (χ2v) is 9.90. The first-order valence-electron chi connectivity index (χ1n) is 9.20. The topological polar surface area (TPSA) is 105 Å². The van der Waals surface area contributed by atoms with Crippen LogP contribution in [0.5, 0.6) is 0 Å². The van der Waals surface area contributed by atoms with E-state index in [0.29, 0.717) is 5.69 Å². The molecule has 0 fully saturated rings. The standard InChI is InChI=1S/C21H20FN3O4S2/c1-13-3-4-15(9-14(13)2)18-10-30-21(24-18)25-20(27)12-31(28,29)11-19(26)23-17-7-5-16(22)6-8-17/h3-10H,11-12H2,1-2H3,(H,23,26)(H,24,25,27). The van der Waals surface area contributed by atoms with Crippen LogP contribution >= 0.6 is 11.3 Å². The highest BCUT2D eigenvalue weighted by Gasteiger charge is 2.22. The predicted molar refractivity (Wildman–Crippen MR) is 119 cm³/mol. The van der Waals surface area contributed by atoms with Gasteiger partial charge in [0.05, 0.1) is 5.69 Å². The number of rotatable bonds is 7. The molecule has 0 spiro atoms. The van der Waals surface area contributed by atoms with Gasteiger partial charge in [0, 0.05) is 16.6 Å². The van der Waals surface area contributed by atoms with E-state index in [1.165, 1.54) is 23.5 Å². The number of halogens is 1. The van der Waals surface area contributed by atoms with E-state index in [1.807, 2.05) is 32.0 Å². The second-order valence-electron chi connectivity index (χ2n) is 6.97. The molecule has 162 valence electrons. The Kier molecular flexibility index (Phi) is 6.81. The van der Waals surface area contributed by atoms with E-state index in [0.717, 1.165) is 28.8 Å². The molecular weight excluding hydrogens is 441 g/mol. The number of nitrogens with one attached hydrogen (secondary N) is 2. The van der Waals surface area contributed by atoms with Crippen molar-refractivity contribution in [3.8, 4) is 11.3 Å². The van der Waals surface area contributed by atoms with E-state index in [4.69, 9.17) is 0 Å². The fourth-order valence-electron chi connectivity index (χ4n) is 2.70. The summed E-state index contributed by atoms with van der Waals surface area (Å²) in [5.74, 6) is -3.81. The van der Waals surface area contributed by atoms with Crippen molar-refractivity contribution in [3.05, 3.63) is 64.8 Å². The largest absolute Gasteiger partial charge is 0.325 e. The van der Waals surface area contributed by atoms with Gasteiger partial charge in [-0.3, -0.25) is 9.59 Å². The van der Waals surface area contributed by atoms with E-state index in [-0.39, 0.29) is 10.8 Å². The summed E-state index contributed by atoms with van der Waals surface area (Å²) in [4.78, 5) is 28.4. The lowest BCUT2D eigenvalue weighted by Crippen LogP contribution is -2.30. The molecule has 0 aliphatic rings. The summed E-state index contributed by atoms with van der Waals surface area (Å²) < 4.78 is 37.3. The quantitative estimate of drug-likeness (QED) is 0.560. The van der Waals surface area contributed by atoms with Crippen LogP contribution in [0, 0.1) is 19.7 Å². The van der Waals surface area contributed by atoms with Gasteiger partial charge in [0.15, 0.2) is 15.0 Å². The van der Waals surface area contributed by atoms with E-state index in [9.17, 15) is 22.4 Å². The van der Waals surface area contributed by atoms with Crippen LogP contribution < -0.4 is 10.6 Å². The number of aryl methyl sites for hydroxylation is 2. The molecule has 0 saturated heterocycles. The third-order valence-electron chi connectivity index (χ3n) is 4.38. The minimum Gasteiger partial charge on any atom is -0.325 e. The molecule has 0 unspecified atom stereocenters. The van der Waals surface area contributed by atoms with Crippen LogP contribution in [0.2, 0.25) is 0 Å². The lowest BCUT2D eigenvalue weighted by molar-refractivity contribution is -0.114. The molecule has 1 aromatic heterocycles. The summed E-state index contributed by atoms with van der Waals surface area (Å²) in [6, 6.07) is 10.8. The van der Waals surface area contributed by atoms with Gasteiger partial charge in [-0.25, -0.2) is 17.8 Å². The first kappa shape index (κ1) is 22.6. The monoisotopic (exact) mass is 461 g/mol. The van der Waals surface area contributed by atoms with Crippen LogP contribution in [0.4, 0.5) is 15.2 Å². The number of hydrogen-bond donors (Lipinski definition) is 2. The van der Waals surface area contributed by atoms with Gasteiger partial charge in [-0.2, -0.15) is 0 Å². The Balaban J connectivity index is 1.57. The van der Waals surface area contributed by atoms with Gasteiger partial charge >= 0.3 is 0 Å². The van der Waals surface area contributed by atoms with Gasteiger partial charge in [-0.05, 0) is 55.3 Å². The van der Waals surface area contributed by atoms with Crippen LogP contribution in [0.3, 0.4) is 0 Å². The maximum atomic E-state index is 12.9. The van der Waals surface area contributed by atoms with E-state index < -0.39 is 39.0 Å². The van der Waals surface area contributed by atoms with Gasteiger partial charge in [0.1, 0.15) is 17.3 Å². The Morgan fingerprint density at radius 2 is 1.61 bits per heavy atom. The molecule has 7 nitrogen and oxygen atoms in total. The fourth-order valence-corrected chi connectivity index (χ4v) is 4.48. The summed E-state index contributed by atoms with van der Waals surface area (Å²) >= 11 is 1.18. The molecule has 2 N–H and O–H groups in total. The van der Waals surface area contributed by atoms with Crippen molar-refractivity contribution >= 4 is 43.8 Å². The van der Waals surface area contributed by atoms with Crippen molar-refractivity contribution < 1.29 is 22.4 Å². The number of nitrogens with zero attached hydrogens (tertiary/aromatic N) is 1. The summed E-state index contributed by atoms with van der Waals surface area (Å²) in [5, 5.41) is 6.85. The molecule has 31 heavy (non-hydrogen) atoms.